The van der Waals surface area contributed by atoms with E-state index in [9.17, 15) is 0 Å². The molecule has 1 fully saturated rings. The summed E-state index contributed by atoms with van der Waals surface area (Å²) >= 11 is 0. The van der Waals surface area contributed by atoms with E-state index in [1.807, 2.05) is 18.2 Å². The summed E-state index contributed by atoms with van der Waals surface area (Å²) in [5.74, 6) is 2.13. The number of benzene rings is 2. The zero-order valence-electron chi connectivity index (χ0n) is 23.2. The fourth-order valence-electron chi connectivity index (χ4n) is 6.61. The van der Waals surface area contributed by atoms with E-state index in [1.165, 1.54) is 32.1 Å². The predicted octanol–water partition coefficient (Wildman–Crippen LogP) is 10.5. The van der Waals surface area contributed by atoms with Crippen LogP contribution in [0.2, 0.25) is 16.6 Å². The van der Waals surface area contributed by atoms with E-state index in [0.29, 0.717) is 28.1 Å². The van der Waals surface area contributed by atoms with Gasteiger partial charge >= 0.3 is 0 Å². The first kappa shape index (κ1) is 27.7. The fourth-order valence-corrected chi connectivity index (χ4v) is 11.9. The van der Waals surface area contributed by atoms with Gasteiger partial charge in [-0.05, 0) is 89.4 Å². The summed E-state index contributed by atoms with van der Waals surface area (Å²) in [6, 6.07) is 12.2. The Labute approximate surface area is 215 Å². The third-order valence-electron chi connectivity index (χ3n) is 8.62. The van der Waals surface area contributed by atoms with Crippen LogP contribution in [-0.2, 0) is 6.42 Å². The van der Waals surface area contributed by atoms with Crippen LogP contribution in [0.5, 0.6) is 5.75 Å². The van der Waals surface area contributed by atoms with Gasteiger partial charge in [-0.2, -0.15) is 0 Å². The molecule has 0 bridgehead atoms. The van der Waals surface area contributed by atoms with Gasteiger partial charge in [-0.3, -0.25) is 0 Å². The summed E-state index contributed by atoms with van der Waals surface area (Å²) in [5.41, 5.74) is 5.27. The Morgan fingerprint density at radius 1 is 0.943 bits per heavy atom. The lowest BCUT2D eigenvalue weighted by Crippen LogP contribution is -2.50. The molecule has 1 aliphatic rings. The minimum absolute atomic E-state index is 0.123. The van der Waals surface area contributed by atoms with Crippen LogP contribution in [0, 0.1) is 11.7 Å². The van der Waals surface area contributed by atoms with Crippen LogP contribution < -0.4 is 4.43 Å². The Hall–Kier alpha value is -1.87. The van der Waals surface area contributed by atoms with Gasteiger partial charge < -0.3 is 4.43 Å². The molecule has 0 saturated heterocycles. The molecule has 0 N–H and O–H groups in total. The molecule has 1 saturated carbocycles. The van der Waals surface area contributed by atoms with Crippen molar-refractivity contribution in [2.75, 3.05) is 0 Å². The van der Waals surface area contributed by atoms with E-state index in [-0.39, 0.29) is 5.82 Å². The first-order valence-corrected chi connectivity index (χ1v) is 16.0. The van der Waals surface area contributed by atoms with Crippen molar-refractivity contribution in [1.29, 1.82) is 0 Å². The molecular weight excluding hydrogens is 447 g/mol. The number of halogens is 1. The van der Waals surface area contributed by atoms with E-state index >= 15 is 4.39 Å². The molecule has 0 unspecified atom stereocenters. The lowest BCUT2D eigenvalue weighted by Gasteiger charge is -2.42. The van der Waals surface area contributed by atoms with Gasteiger partial charge in [0, 0.05) is 5.56 Å². The first-order valence-electron chi connectivity index (χ1n) is 13.9. The van der Waals surface area contributed by atoms with Crippen LogP contribution in [0.3, 0.4) is 0 Å². The van der Waals surface area contributed by atoms with Crippen molar-refractivity contribution in [1.82, 2.24) is 0 Å². The van der Waals surface area contributed by atoms with E-state index in [1.54, 1.807) is 6.07 Å². The zero-order valence-corrected chi connectivity index (χ0v) is 24.2. The molecular formula is C32H47FOSi. The van der Waals surface area contributed by atoms with Gasteiger partial charge in [-0.1, -0.05) is 85.2 Å². The summed E-state index contributed by atoms with van der Waals surface area (Å²) in [7, 11) is -2.13. The van der Waals surface area contributed by atoms with Crippen molar-refractivity contribution in [3.05, 3.63) is 66.0 Å². The summed E-state index contributed by atoms with van der Waals surface area (Å²) in [4.78, 5) is 0. The molecule has 0 spiro atoms. The summed E-state index contributed by atoms with van der Waals surface area (Å²) in [5, 5.41) is 0. The van der Waals surface area contributed by atoms with Crippen molar-refractivity contribution in [3.8, 4) is 16.9 Å². The highest BCUT2D eigenvalue weighted by molar-refractivity contribution is 6.78. The SMILES string of the molecule is C=CCc1ccc(-c2ccc(C3CCC(CC)CC3)cc2F)cc1O[Si](C(C)C)(C(C)C)C(C)C. The van der Waals surface area contributed by atoms with E-state index < -0.39 is 8.32 Å². The van der Waals surface area contributed by atoms with Crippen LogP contribution >= 0.6 is 0 Å². The molecule has 0 heterocycles. The minimum Gasteiger partial charge on any atom is -0.542 e. The van der Waals surface area contributed by atoms with Crippen LogP contribution in [0.25, 0.3) is 11.1 Å². The molecule has 3 rings (SSSR count). The lowest BCUT2D eigenvalue weighted by molar-refractivity contribution is 0.318. The summed E-state index contributed by atoms with van der Waals surface area (Å²) in [6.07, 6.45) is 8.83. The highest BCUT2D eigenvalue weighted by Gasteiger charge is 2.47. The number of allylic oxidation sites excluding steroid dienone is 1. The Morgan fingerprint density at radius 2 is 1.57 bits per heavy atom. The van der Waals surface area contributed by atoms with Gasteiger partial charge in [-0.25, -0.2) is 4.39 Å². The van der Waals surface area contributed by atoms with Crippen molar-refractivity contribution < 1.29 is 8.82 Å². The second-order valence-electron chi connectivity index (χ2n) is 11.6. The van der Waals surface area contributed by atoms with Crippen LogP contribution in [0.15, 0.2) is 49.1 Å². The topological polar surface area (TPSA) is 9.23 Å². The third kappa shape index (κ3) is 5.93. The Bertz CT molecular complexity index is 963. The average molecular weight is 495 g/mol. The normalized spacial score (nSPS) is 18.9. The van der Waals surface area contributed by atoms with Crippen molar-refractivity contribution in [3.63, 3.8) is 0 Å². The zero-order chi connectivity index (χ0) is 25.8. The Kier molecular flexibility index (Phi) is 9.43. The van der Waals surface area contributed by atoms with Gasteiger partial charge in [-0.15, -0.1) is 6.58 Å². The molecule has 1 aliphatic carbocycles. The lowest BCUT2D eigenvalue weighted by atomic mass is 9.77. The molecule has 35 heavy (non-hydrogen) atoms. The maximum absolute atomic E-state index is 15.5. The van der Waals surface area contributed by atoms with Crippen molar-refractivity contribution in [2.45, 2.75) is 110 Å². The molecule has 0 aromatic heterocycles. The molecule has 2 aromatic rings. The summed E-state index contributed by atoms with van der Waals surface area (Å²) in [6.45, 7) is 20.0. The molecule has 2 aromatic carbocycles. The molecule has 0 amide bonds. The molecule has 192 valence electrons. The van der Waals surface area contributed by atoms with Gasteiger partial charge in [0.15, 0.2) is 0 Å². The Morgan fingerprint density at radius 3 is 2.09 bits per heavy atom. The van der Waals surface area contributed by atoms with E-state index in [4.69, 9.17) is 4.43 Å². The number of rotatable bonds is 10. The van der Waals surface area contributed by atoms with Gasteiger partial charge in [0.2, 0.25) is 0 Å². The van der Waals surface area contributed by atoms with Crippen LogP contribution in [-0.4, -0.2) is 8.32 Å². The standard InChI is InChI=1S/C32H47FOSi/c1-9-11-27-16-17-29(21-32(27)34-35(22(3)4,23(5)6)24(7)8)30-19-18-28(20-31(30)33)26-14-12-25(10-2)13-15-26/h9,16-26H,1,10-15H2,2-8H3. The maximum Gasteiger partial charge on any atom is 0.258 e. The first-order chi connectivity index (χ1) is 16.6. The van der Waals surface area contributed by atoms with Crippen LogP contribution in [0.4, 0.5) is 4.39 Å². The maximum atomic E-state index is 15.5. The highest BCUT2D eigenvalue weighted by atomic mass is 28.4. The Balaban J connectivity index is 1.96. The van der Waals surface area contributed by atoms with Crippen LogP contribution in [0.1, 0.15) is 97.6 Å². The highest BCUT2D eigenvalue weighted by Crippen LogP contribution is 2.44. The predicted molar refractivity (Wildman–Crippen MR) is 152 cm³/mol. The fraction of sp³-hybridized carbons (Fsp3) is 0.562. The second-order valence-corrected chi connectivity index (χ2v) is 17.0. The number of hydrogen-bond donors (Lipinski definition) is 0. The minimum atomic E-state index is -2.13. The average Bonchev–Trinajstić information content (AvgIpc) is 2.83. The van der Waals surface area contributed by atoms with Gasteiger partial charge in [0.25, 0.3) is 8.32 Å². The second kappa shape index (κ2) is 11.9. The van der Waals surface area contributed by atoms with Crippen molar-refractivity contribution >= 4 is 8.32 Å². The summed E-state index contributed by atoms with van der Waals surface area (Å²) < 4.78 is 22.6. The van der Waals surface area contributed by atoms with Gasteiger partial charge in [0.1, 0.15) is 11.6 Å². The molecule has 0 atom stereocenters. The molecule has 0 aliphatic heterocycles. The van der Waals surface area contributed by atoms with E-state index in [0.717, 1.165) is 34.8 Å². The van der Waals surface area contributed by atoms with Gasteiger partial charge in [0.05, 0.1) is 0 Å². The van der Waals surface area contributed by atoms with Crippen molar-refractivity contribution in [2.24, 2.45) is 5.92 Å². The molecule has 3 heteroatoms. The quantitative estimate of drug-likeness (QED) is 0.236. The van der Waals surface area contributed by atoms with E-state index in [2.05, 4.69) is 73.2 Å². The number of hydrogen-bond acceptors (Lipinski definition) is 1. The monoisotopic (exact) mass is 494 g/mol. The molecule has 1 nitrogen and oxygen atoms in total. The largest absolute Gasteiger partial charge is 0.542 e. The molecule has 0 radical (unpaired) electrons. The smallest absolute Gasteiger partial charge is 0.258 e. The third-order valence-corrected chi connectivity index (χ3v) is 14.6.